The number of oxazole rings is 1. The molecule has 2 aliphatic rings. The molecule has 0 bridgehead atoms. The van der Waals surface area contributed by atoms with E-state index in [1.807, 2.05) is 25.8 Å². The Morgan fingerprint density at radius 1 is 1.46 bits per heavy atom. The molecular weight excluding hydrogens is 330 g/mol. The van der Waals surface area contributed by atoms with Gasteiger partial charge in [0.2, 0.25) is 5.91 Å². The van der Waals surface area contributed by atoms with Crippen molar-refractivity contribution in [2.45, 2.75) is 45.2 Å². The molecule has 3 heterocycles. The average molecular weight is 355 g/mol. The lowest BCUT2D eigenvalue weighted by Crippen LogP contribution is -2.44. The first-order valence-electron chi connectivity index (χ1n) is 8.42. The standard InChI is InChI=1S/C16H25N3O4S/c1-11(2)16-17-13-8-19(6-4-14(13)23-16)15(20)9-18(3)12-5-7-24(21,22)10-12/h11-12H,4-10H2,1-3H3. The topological polar surface area (TPSA) is 83.7 Å². The zero-order chi connectivity index (χ0) is 17.5. The van der Waals surface area contributed by atoms with Gasteiger partial charge >= 0.3 is 0 Å². The van der Waals surface area contributed by atoms with Gasteiger partial charge in [0, 0.05) is 24.9 Å². The molecule has 24 heavy (non-hydrogen) atoms. The van der Waals surface area contributed by atoms with Crippen molar-refractivity contribution in [1.29, 1.82) is 0 Å². The van der Waals surface area contributed by atoms with Crippen LogP contribution in [0.4, 0.5) is 0 Å². The van der Waals surface area contributed by atoms with Gasteiger partial charge in [-0.15, -0.1) is 0 Å². The van der Waals surface area contributed by atoms with Gasteiger partial charge in [-0.1, -0.05) is 13.8 Å². The van der Waals surface area contributed by atoms with Gasteiger partial charge in [0.05, 0.1) is 24.6 Å². The quantitative estimate of drug-likeness (QED) is 0.794. The normalized spacial score (nSPS) is 23.0. The zero-order valence-electron chi connectivity index (χ0n) is 14.5. The molecule has 0 spiro atoms. The molecule has 2 aliphatic heterocycles. The van der Waals surface area contributed by atoms with Crippen LogP contribution < -0.4 is 0 Å². The monoisotopic (exact) mass is 355 g/mol. The number of sulfone groups is 1. The summed E-state index contributed by atoms with van der Waals surface area (Å²) in [5.74, 6) is 2.24. The molecule has 0 aromatic carbocycles. The van der Waals surface area contributed by atoms with Crippen LogP contribution in [-0.2, 0) is 27.6 Å². The van der Waals surface area contributed by atoms with Crippen molar-refractivity contribution in [1.82, 2.24) is 14.8 Å². The maximum Gasteiger partial charge on any atom is 0.237 e. The van der Waals surface area contributed by atoms with Gasteiger partial charge < -0.3 is 9.32 Å². The van der Waals surface area contributed by atoms with E-state index in [2.05, 4.69) is 4.98 Å². The van der Waals surface area contributed by atoms with Crippen LogP contribution >= 0.6 is 0 Å². The smallest absolute Gasteiger partial charge is 0.237 e. The number of hydrogen-bond donors (Lipinski definition) is 0. The third-order valence-corrected chi connectivity index (χ3v) is 6.56. The fourth-order valence-electron chi connectivity index (χ4n) is 3.24. The summed E-state index contributed by atoms with van der Waals surface area (Å²) in [6, 6.07) is -0.0566. The third-order valence-electron chi connectivity index (χ3n) is 4.81. The van der Waals surface area contributed by atoms with Crippen LogP contribution in [-0.4, -0.2) is 66.8 Å². The largest absolute Gasteiger partial charge is 0.445 e. The third kappa shape index (κ3) is 3.64. The molecule has 0 aliphatic carbocycles. The minimum Gasteiger partial charge on any atom is -0.445 e. The fraction of sp³-hybridized carbons (Fsp3) is 0.750. The molecule has 1 saturated heterocycles. The second-order valence-corrected chi connectivity index (χ2v) is 9.34. The van der Waals surface area contributed by atoms with E-state index in [4.69, 9.17) is 4.42 Å². The van der Waals surface area contributed by atoms with Gasteiger partial charge in [-0.2, -0.15) is 0 Å². The van der Waals surface area contributed by atoms with Crippen molar-refractivity contribution in [3.05, 3.63) is 17.3 Å². The Balaban J connectivity index is 1.60. The van der Waals surface area contributed by atoms with Crippen LogP contribution in [0.5, 0.6) is 0 Å². The lowest BCUT2D eigenvalue weighted by atomic mass is 10.1. The number of nitrogens with zero attached hydrogens (tertiary/aromatic N) is 3. The first-order valence-corrected chi connectivity index (χ1v) is 10.2. The fourth-order valence-corrected chi connectivity index (χ4v) is 5.05. The van der Waals surface area contributed by atoms with E-state index >= 15 is 0 Å². The maximum atomic E-state index is 12.6. The molecule has 0 saturated carbocycles. The molecule has 7 nitrogen and oxygen atoms in total. The minimum atomic E-state index is -2.94. The molecule has 1 amide bonds. The second-order valence-electron chi connectivity index (χ2n) is 7.11. The number of likely N-dealkylation sites (N-methyl/N-ethyl adjacent to an activating group) is 1. The molecule has 1 unspecified atom stereocenters. The highest BCUT2D eigenvalue weighted by atomic mass is 32.2. The number of hydrogen-bond acceptors (Lipinski definition) is 6. The average Bonchev–Trinajstić information content (AvgIpc) is 3.09. The Hall–Kier alpha value is -1.41. The summed E-state index contributed by atoms with van der Waals surface area (Å²) >= 11 is 0. The molecule has 0 N–H and O–H groups in total. The van der Waals surface area contributed by atoms with Crippen LogP contribution in [0, 0.1) is 0 Å². The first-order chi connectivity index (χ1) is 11.2. The van der Waals surface area contributed by atoms with E-state index in [0.29, 0.717) is 25.9 Å². The summed E-state index contributed by atoms with van der Waals surface area (Å²) in [6.45, 7) is 5.40. The van der Waals surface area contributed by atoms with Gasteiger partial charge in [-0.05, 0) is 13.5 Å². The Morgan fingerprint density at radius 3 is 2.83 bits per heavy atom. The predicted molar refractivity (Wildman–Crippen MR) is 89.4 cm³/mol. The molecule has 1 aromatic rings. The predicted octanol–water partition coefficient (Wildman–Crippen LogP) is 0.802. The van der Waals surface area contributed by atoms with Crippen LogP contribution in [0.2, 0.25) is 0 Å². The molecule has 8 heteroatoms. The van der Waals surface area contributed by atoms with Gasteiger partial charge in [0.15, 0.2) is 15.7 Å². The summed E-state index contributed by atoms with van der Waals surface area (Å²) in [6.07, 6.45) is 1.29. The SMILES string of the molecule is CC(C)c1nc2c(o1)CCN(C(=O)CN(C)C1CCS(=O)(=O)C1)C2. The molecule has 134 valence electrons. The van der Waals surface area contributed by atoms with Crippen molar-refractivity contribution < 1.29 is 17.6 Å². The van der Waals surface area contributed by atoms with Gasteiger partial charge in [-0.3, -0.25) is 9.69 Å². The van der Waals surface area contributed by atoms with Gasteiger partial charge in [0.1, 0.15) is 11.5 Å². The molecule has 1 atom stereocenters. The van der Waals surface area contributed by atoms with E-state index in [9.17, 15) is 13.2 Å². The summed E-state index contributed by atoms with van der Waals surface area (Å²) in [7, 11) is -1.11. The van der Waals surface area contributed by atoms with Crippen molar-refractivity contribution in [2.75, 3.05) is 31.6 Å². The highest BCUT2D eigenvalue weighted by Crippen LogP contribution is 2.24. The Labute approximate surface area is 142 Å². The number of aromatic nitrogens is 1. The summed E-state index contributed by atoms with van der Waals surface area (Å²) in [4.78, 5) is 20.7. The van der Waals surface area contributed by atoms with Crippen LogP contribution in [0.25, 0.3) is 0 Å². The highest BCUT2D eigenvalue weighted by Gasteiger charge is 2.33. The lowest BCUT2D eigenvalue weighted by Gasteiger charge is -2.29. The molecular formula is C16H25N3O4S. The number of fused-ring (bicyclic) bond motifs is 1. The van der Waals surface area contributed by atoms with Crippen molar-refractivity contribution in [3.8, 4) is 0 Å². The Bertz CT molecular complexity index is 726. The number of rotatable bonds is 4. The minimum absolute atomic E-state index is 0.0153. The Kier molecular flexibility index (Phi) is 4.70. The molecule has 0 radical (unpaired) electrons. The molecule has 1 aromatic heterocycles. The summed E-state index contributed by atoms with van der Waals surface area (Å²) in [5.41, 5.74) is 0.851. The molecule has 3 rings (SSSR count). The number of amides is 1. The van der Waals surface area contributed by atoms with Crippen LogP contribution in [0.15, 0.2) is 4.42 Å². The van der Waals surface area contributed by atoms with E-state index in [1.54, 1.807) is 4.90 Å². The van der Waals surface area contributed by atoms with Crippen LogP contribution in [0.1, 0.15) is 43.5 Å². The van der Waals surface area contributed by atoms with E-state index in [-0.39, 0.29) is 35.9 Å². The maximum absolute atomic E-state index is 12.6. The lowest BCUT2D eigenvalue weighted by molar-refractivity contribution is -0.133. The van der Waals surface area contributed by atoms with Gasteiger partial charge in [-0.25, -0.2) is 13.4 Å². The van der Waals surface area contributed by atoms with Crippen molar-refractivity contribution in [2.24, 2.45) is 0 Å². The first kappa shape index (κ1) is 17.4. The highest BCUT2D eigenvalue weighted by molar-refractivity contribution is 7.91. The molecule has 1 fully saturated rings. The van der Waals surface area contributed by atoms with Gasteiger partial charge in [0.25, 0.3) is 0 Å². The number of carbonyl (C=O) groups excluding carboxylic acids is 1. The van der Waals surface area contributed by atoms with Crippen molar-refractivity contribution >= 4 is 15.7 Å². The van der Waals surface area contributed by atoms with Crippen LogP contribution in [0.3, 0.4) is 0 Å². The van der Waals surface area contributed by atoms with Crippen molar-refractivity contribution in [3.63, 3.8) is 0 Å². The summed E-state index contributed by atoms with van der Waals surface area (Å²) in [5, 5.41) is 0. The van der Waals surface area contributed by atoms with E-state index < -0.39 is 9.84 Å². The Morgan fingerprint density at radius 2 is 2.21 bits per heavy atom. The second kappa shape index (κ2) is 6.48. The van der Waals surface area contributed by atoms with E-state index in [1.165, 1.54) is 0 Å². The summed E-state index contributed by atoms with van der Waals surface area (Å²) < 4.78 is 28.9. The zero-order valence-corrected chi connectivity index (χ0v) is 15.3. The van der Waals surface area contributed by atoms with E-state index in [0.717, 1.165) is 17.3 Å². The number of carbonyl (C=O) groups is 1.